The van der Waals surface area contributed by atoms with Gasteiger partial charge in [0.1, 0.15) is 0 Å². The number of hydrogen-bond acceptors (Lipinski definition) is 4. The molecule has 1 aromatic carbocycles. The van der Waals surface area contributed by atoms with Gasteiger partial charge in [0.15, 0.2) is 0 Å². The van der Waals surface area contributed by atoms with Gasteiger partial charge in [0, 0.05) is 17.0 Å². The Labute approximate surface area is 121 Å². The zero-order valence-corrected chi connectivity index (χ0v) is 11.9. The number of carbonyl (C=O) groups excluding carboxylic acids is 1. The van der Waals surface area contributed by atoms with Crippen molar-refractivity contribution < 1.29 is 9.90 Å². The van der Waals surface area contributed by atoms with Crippen LogP contribution in [0.2, 0.25) is 0 Å². The number of benzene rings is 1. The Morgan fingerprint density at radius 3 is 2.90 bits per heavy atom. The number of rotatable bonds is 2. The lowest BCUT2D eigenvalue weighted by Gasteiger charge is -2.17. The van der Waals surface area contributed by atoms with Crippen LogP contribution in [0.5, 0.6) is 0 Å². The van der Waals surface area contributed by atoms with Crippen molar-refractivity contribution >= 4 is 22.9 Å². The second kappa shape index (κ2) is 4.92. The van der Waals surface area contributed by atoms with E-state index in [9.17, 15) is 9.90 Å². The number of nitrogens with one attached hydrogen (secondary N) is 1. The summed E-state index contributed by atoms with van der Waals surface area (Å²) in [5.74, 6) is -0.185. The highest BCUT2D eigenvalue weighted by molar-refractivity contribution is 7.14. The predicted molar refractivity (Wildman–Crippen MR) is 79.8 cm³/mol. The summed E-state index contributed by atoms with van der Waals surface area (Å²) < 4.78 is 0. The standard InChI is InChI=1S/C15H16N2O2S/c1-8-11(16)7-13(20-8)15(19)17-14-10-5-3-2-4-9(10)6-12(14)18/h2-5,7,12,14,18H,6,16H2,1H3,(H,17,19)/t12-,14+/m1/s1. The van der Waals surface area contributed by atoms with Crippen molar-refractivity contribution in [1.82, 2.24) is 5.32 Å². The number of carbonyl (C=O) groups is 1. The maximum Gasteiger partial charge on any atom is 0.262 e. The highest BCUT2D eigenvalue weighted by Gasteiger charge is 2.32. The van der Waals surface area contributed by atoms with E-state index < -0.39 is 6.10 Å². The number of anilines is 1. The molecule has 2 aromatic rings. The van der Waals surface area contributed by atoms with Gasteiger partial charge in [-0.25, -0.2) is 0 Å². The van der Waals surface area contributed by atoms with Crippen molar-refractivity contribution in [2.24, 2.45) is 0 Å². The largest absolute Gasteiger partial charge is 0.398 e. The molecular formula is C15H16N2O2S. The molecule has 1 amide bonds. The summed E-state index contributed by atoms with van der Waals surface area (Å²) in [5, 5.41) is 13.0. The molecule has 20 heavy (non-hydrogen) atoms. The zero-order valence-electron chi connectivity index (χ0n) is 11.1. The Kier molecular flexibility index (Phi) is 3.23. The van der Waals surface area contributed by atoms with Crippen molar-refractivity contribution in [1.29, 1.82) is 0 Å². The van der Waals surface area contributed by atoms with Gasteiger partial charge in [0.05, 0.1) is 17.0 Å². The molecule has 0 saturated carbocycles. The van der Waals surface area contributed by atoms with E-state index in [1.807, 2.05) is 31.2 Å². The molecule has 2 atom stereocenters. The molecule has 4 nitrogen and oxygen atoms in total. The average Bonchev–Trinajstić information content (AvgIpc) is 2.91. The van der Waals surface area contributed by atoms with E-state index in [1.54, 1.807) is 6.07 Å². The number of nitrogens with two attached hydrogens (primary N) is 1. The Bertz CT molecular complexity index is 646. The second-order valence-electron chi connectivity index (χ2n) is 5.04. The lowest BCUT2D eigenvalue weighted by Crippen LogP contribution is -2.33. The molecule has 0 saturated heterocycles. The number of aryl methyl sites for hydroxylation is 1. The number of aliphatic hydroxyl groups is 1. The van der Waals surface area contributed by atoms with Gasteiger partial charge in [-0.3, -0.25) is 4.79 Å². The Balaban J connectivity index is 1.83. The van der Waals surface area contributed by atoms with Crippen LogP contribution in [0.4, 0.5) is 5.69 Å². The normalized spacial score (nSPS) is 20.7. The molecule has 0 aliphatic heterocycles. The van der Waals surface area contributed by atoms with Gasteiger partial charge in [-0.15, -0.1) is 11.3 Å². The SMILES string of the molecule is Cc1sc(C(=O)N[C@H]2c3ccccc3C[C@H]2O)cc1N. The predicted octanol–water partition coefficient (Wildman–Crippen LogP) is 2.03. The van der Waals surface area contributed by atoms with E-state index in [0.717, 1.165) is 16.0 Å². The molecule has 1 aromatic heterocycles. The van der Waals surface area contributed by atoms with E-state index in [-0.39, 0.29) is 11.9 Å². The zero-order chi connectivity index (χ0) is 14.3. The summed E-state index contributed by atoms with van der Waals surface area (Å²) in [6, 6.07) is 9.13. The summed E-state index contributed by atoms with van der Waals surface area (Å²) in [6.45, 7) is 1.89. The highest BCUT2D eigenvalue weighted by Crippen LogP contribution is 2.32. The number of aliphatic hydroxyl groups excluding tert-OH is 1. The fourth-order valence-corrected chi connectivity index (χ4v) is 3.41. The first-order valence-electron chi connectivity index (χ1n) is 6.49. The topological polar surface area (TPSA) is 75.3 Å². The van der Waals surface area contributed by atoms with Crippen LogP contribution in [0.3, 0.4) is 0 Å². The summed E-state index contributed by atoms with van der Waals surface area (Å²) >= 11 is 1.37. The van der Waals surface area contributed by atoms with Crippen LogP contribution in [0, 0.1) is 6.92 Å². The van der Waals surface area contributed by atoms with Crippen LogP contribution in [0.15, 0.2) is 30.3 Å². The van der Waals surface area contributed by atoms with Gasteiger partial charge in [-0.05, 0) is 24.1 Å². The summed E-state index contributed by atoms with van der Waals surface area (Å²) in [5.41, 5.74) is 8.49. The Hall–Kier alpha value is -1.85. The molecule has 0 spiro atoms. The first-order chi connectivity index (χ1) is 9.56. The minimum Gasteiger partial charge on any atom is -0.398 e. The molecule has 0 bridgehead atoms. The first-order valence-corrected chi connectivity index (χ1v) is 7.30. The Morgan fingerprint density at radius 2 is 2.20 bits per heavy atom. The third-order valence-corrected chi connectivity index (χ3v) is 4.74. The van der Waals surface area contributed by atoms with E-state index in [0.29, 0.717) is 17.0 Å². The molecule has 5 heteroatoms. The maximum absolute atomic E-state index is 12.3. The molecule has 0 fully saturated rings. The molecule has 1 aliphatic carbocycles. The lowest BCUT2D eigenvalue weighted by molar-refractivity contribution is 0.0862. The van der Waals surface area contributed by atoms with Crippen LogP contribution in [-0.4, -0.2) is 17.1 Å². The maximum atomic E-state index is 12.3. The third kappa shape index (κ3) is 2.19. The van der Waals surface area contributed by atoms with E-state index in [1.165, 1.54) is 11.3 Å². The minimum absolute atomic E-state index is 0.185. The quantitative estimate of drug-likeness (QED) is 0.791. The van der Waals surface area contributed by atoms with Gasteiger partial charge < -0.3 is 16.2 Å². The van der Waals surface area contributed by atoms with Gasteiger partial charge in [0.2, 0.25) is 0 Å². The van der Waals surface area contributed by atoms with Crippen LogP contribution < -0.4 is 11.1 Å². The van der Waals surface area contributed by atoms with Crippen molar-refractivity contribution in [3.05, 3.63) is 51.2 Å². The number of nitrogen functional groups attached to an aromatic ring is 1. The third-order valence-electron chi connectivity index (χ3n) is 3.67. The number of hydrogen-bond donors (Lipinski definition) is 3. The minimum atomic E-state index is -0.574. The van der Waals surface area contributed by atoms with Gasteiger partial charge in [0.25, 0.3) is 5.91 Å². The fourth-order valence-electron chi connectivity index (χ4n) is 2.57. The molecule has 3 rings (SSSR count). The average molecular weight is 288 g/mol. The molecule has 4 N–H and O–H groups in total. The summed E-state index contributed by atoms with van der Waals surface area (Å²) in [7, 11) is 0. The van der Waals surface area contributed by atoms with Gasteiger partial charge in [-0.1, -0.05) is 24.3 Å². The summed E-state index contributed by atoms with van der Waals surface area (Å²) in [6.07, 6.45) is 0.00182. The first kappa shape index (κ1) is 13.1. The Morgan fingerprint density at radius 1 is 1.45 bits per heavy atom. The van der Waals surface area contributed by atoms with E-state index in [4.69, 9.17) is 5.73 Å². The van der Waals surface area contributed by atoms with Gasteiger partial charge in [-0.2, -0.15) is 0 Å². The number of amides is 1. The number of thiophene rings is 1. The molecule has 1 heterocycles. The van der Waals surface area contributed by atoms with Crippen molar-refractivity contribution in [3.63, 3.8) is 0 Å². The monoisotopic (exact) mass is 288 g/mol. The molecule has 0 unspecified atom stereocenters. The van der Waals surface area contributed by atoms with E-state index >= 15 is 0 Å². The highest BCUT2D eigenvalue weighted by atomic mass is 32.1. The van der Waals surface area contributed by atoms with E-state index in [2.05, 4.69) is 5.32 Å². The van der Waals surface area contributed by atoms with Crippen molar-refractivity contribution in [2.75, 3.05) is 5.73 Å². The molecule has 104 valence electrons. The summed E-state index contributed by atoms with van der Waals surface area (Å²) in [4.78, 5) is 13.8. The van der Waals surface area contributed by atoms with Crippen molar-refractivity contribution in [2.45, 2.75) is 25.5 Å². The lowest BCUT2D eigenvalue weighted by atomic mass is 10.1. The fraction of sp³-hybridized carbons (Fsp3) is 0.267. The second-order valence-corrected chi connectivity index (χ2v) is 6.30. The molecule has 1 aliphatic rings. The van der Waals surface area contributed by atoms with Gasteiger partial charge >= 0.3 is 0 Å². The molecular weight excluding hydrogens is 272 g/mol. The van der Waals surface area contributed by atoms with Crippen LogP contribution in [0.1, 0.15) is 31.7 Å². The van der Waals surface area contributed by atoms with Crippen LogP contribution in [-0.2, 0) is 6.42 Å². The van der Waals surface area contributed by atoms with Crippen molar-refractivity contribution in [3.8, 4) is 0 Å². The van der Waals surface area contributed by atoms with Crippen LogP contribution >= 0.6 is 11.3 Å². The van der Waals surface area contributed by atoms with Crippen LogP contribution in [0.25, 0.3) is 0 Å². The number of fused-ring (bicyclic) bond motifs is 1. The molecule has 0 radical (unpaired) electrons. The smallest absolute Gasteiger partial charge is 0.262 e.